The molecular formula is C21H15ClFN3O3S2. The number of para-hydroxylation sites is 2. The lowest BCUT2D eigenvalue weighted by Gasteiger charge is -2.10. The third-order valence-corrected chi connectivity index (χ3v) is 7.37. The van der Waals surface area contributed by atoms with Crippen LogP contribution >= 0.6 is 23.4 Å². The predicted octanol–water partition coefficient (Wildman–Crippen LogP) is 4.80. The summed E-state index contributed by atoms with van der Waals surface area (Å²) in [6, 6.07) is 18.7. The lowest BCUT2D eigenvalue weighted by molar-refractivity contribution is -0.113. The van der Waals surface area contributed by atoms with Crippen molar-refractivity contribution >= 4 is 56.0 Å². The number of aromatic nitrogens is 2. The van der Waals surface area contributed by atoms with E-state index in [0.717, 1.165) is 21.8 Å². The van der Waals surface area contributed by atoms with E-state index >= 15 is 0 Å². The summed E-state index contributed by atoms with van der Waals surface area (Å²) in [5.41, 5.74) is 1.25. The molecule has 0 saturated heterocycles. The number of fused-ring (bicyclic) bond motifs is 1. The van der Waals surface area contributed by atoms with Crippen LogP contribution in [0.4, 0.5) is 10.1 Å². The van der Waals surface area contributed by atoms with Crippen molar-refractivity contribution in [1.29, 1.82) is 0 Å². The number of thioether (sulfide) groups is 1. The molecule has 0 bridgehead atoms. The highest BCUT2D eigenvalue weighted by atomic mass is 35.5. The standard InChI is InChI=1S/C21H15ClFN3O3S2/c22-16-12-14(10-11-17(16)23)24-20(27)13-30-21-25-18-8-4-5-9-19(18)26(21)31(28,29)15-6-2-1-3-7-15/h1-12H,13H2,(H,24,27). The van der Waals surface area contributed by atoms with Crippen LogP contribution < -0.4 is 5.32 Å². The summed E-state index contributed by atoms with van der Waals surface area (Å²) in [7, 11) is -3.93. The Morgan fingerprint density at radius 1 is 1.06 bits per heavy atom. The van der Waals surface area contributed by atoms with Crippen molar-refractivity contribution in [2.75, 3.05) is 11.1 Å². The molecule has 0 aliphatic carbocycles. The van der Waals surface area contributed by atoms with Crippen LogP contribution in [0.2, 0.25) is 5.02 Å². The Morgan fingerprint density at radius 2 is 1.77 bits per heavy atom. The average molecular weight is 476 g/mol. The van der Waals surface area contributed by atoms with Crippen LogP contribution in [0.5, 0.6) is 0 Å². The summed E-state index contributed by atoms with van der Waals surface area (Å²) in [4.78, 5) is 16.9. The molecule has 0 aliphatic rings. The lowest BCUT2D eigenvalue weighted by atomic mass is 10.3. The number of rotatable bonds is 6. The minimum atomic E-state index is -3.93. The van der Waals surface area contributed by atoms with Gasteiger partial charge in [0.25, 0.3) is 10.0 Å². The maximum atomic E-state index is 13.3. The van der Waals surface area contributed by atoms with Crippen LogP contribution in [0.15, 0.2) is 82.8 Å². The van der Waals surface area contributed by atoms with Crippen molar-refractivity contribution in [3.8, 4) is 0 Å². The highest BCUT2D eigenvalue weighted by molar-refractivity contribution is 8.00. The van der Waals surface area contributed by atoms with Crippen molar-refractivity contribution in [3.63, 3.8) is 0 Å². The second-order valence-corrected chi connectivity index (χ2v) is 9.57. The van der Waals surface area contributed by atoms with Crippen LogP contribution in [0.25, 0.3) is 11.0 Å². The third kappa shape index (κ3) is 4.43. The molecule has 0 unspecified atom stereocenters. The lowest BCUT2D eigenvalue weighted by Crippen LogP contribution is -2.17. The van der Waals surface area contributed by atoms with Crippen LogP contribution in [-0.4, -0.2) is 29.0 Å². The van der Waals surface area contributed by atoms with Gasteiger partial charge >= 0.3 is 0 Å². The maximum absolute atomic E-state index is 13.3. The van der Waals surface area contributed by atoms with Gasteiger partial charge in [0.15, 0.2) is 5.16 Å². The molecule has 0 saturated carbocycles. The number of halogens is 2. The fourth-order valence-electron chi connectivity index (χ4n) is 2.90. The molecule has 0 radical (unpaired) electrons. The molecule has 6 nitrogen and oxygen atoms in total. The maximum Gasteiger partial charge on any atom is 0.270 e. The Morgan fingerprint density at radius 3 is 2.52 bits per heavy atom. The smallest absolute Gasteiger partial charge is 0.270 e. The number of nitrogens with zero attached hydrogens (tertiary/aromatic N) is 2. The van der Waals surface area contributed by atoms with E-state index in [1.807, 2.05) is 0 Å². The first-order valence-corrected chi connectivity index (χ1v) is 11.8. The van der Waals surface area contributed by atoms with Gasteiger partial charge in [-0.05, 0) is 42.5 Å². The molecule has 1 aromatic heterocycles. The molecule has 4 aromatic rings. The van der Waals surface area contributed by atoms with Gasteiger partial charge in [0.1, 0.15) is 5.82 Å². The van der Waals surface area contributed by atoms with E-state index in [4.69, 9.17) is 11.6 Å². The van der Waals surface area contributed by atoms with Crippen LogP contribution in [0.3, 0.4) is 0 Å². The van der Waals surface area contributed by atoms with Crippen LogP contribution in [-0.2, 0) is 14.8 Å². The largest absolute Gasteiger partial charge is 0.325 e. The van der Waals surface area contributed by atoms with Gasteiger partial charge in [-0.2, -0.15) is 0 Å². The Bertz CT molecular complexity index is 1380. The molecular weight excluding hydrogens is 461 g/mol. The minimum Gasteiger partial charge on any atom is -0.325 e. The van der Waals surface area contributed by atoms with E-state index in [1.165, 1.54) is 24.3 Å². The summed E-state index contributed by atoms with van der Waals surface area (Å²) in [6.45, 7) is 0. The first-order valence-electron chi connectivity index (χ1n) is 9.02. The number of benzene rings is 3. The number of anilines is 1. The summed E-state index contributed by atoms with van der Waals surface area (Å²) in [5.74, 6) is -1.11. The first-order chi connectivity index (χ1) is 14.9. The molecule has 3 aromatic carbocycles. The third-order valence-electron chi connectivity index (χ3n) is 4.31. The molecule has 0 atom stereocenters. The number of carbonyl (C=O) groups is 1. The zero-order valence-electron chi connectivity index (χ0n) is 15.8. The van der Waals surface area contributed by atoms with Crippen molar-refractivity contribution in [3.05, 3.63) is 83.6 Å². The Balaban J connectivity index is 1.63. The zero-order chi connectivity index (χ0) is 22.0. The van der Waals surface area contributed by atoms with Crippen molar-refractivity contribution in [1.82, 2.24) is 8.96 Å². The molecule has 0 spiro atoms. The topological polar surface area (TPSA) is 81.1 Å². The Kier molecular flexibility index (Phi) is 5.99. The van der Waals surface area contributed by atoms with Gasteiger partial charge < -0.3 is 5.32 Å². The van der Waals surface area contributed by atoms with E-state index < -0.39 is 21.7 Å². The molecule has 31 heavy (non-hydrogen) atoms. The summed E-state index contributed by atoms with van der Waals surface area (Å²) in [5, 5.41) is 2.66. The first kappa shape index (κ1) is 21.4. The molecule has 0 aliphatic heterocycles. The van der Waals surface area contributed by atoms with Crippen LogP contribution in [0, 0.1) is 5.82 Å². The second kappa shape index (κ2) is 8.70. The molecule has 1 heterocycles. The number of amides is 1. The predicted molar refractivity (Wildman–Crippen MR) is 120 cm³/mol. The monoisotopic (exact) mass is 475 g/mol. The van der Waals surface area contributed by atoms with Gasteiger partial charge in [-0.3, -0.25) is 4.79 Å². The molecule has 1 N–H and O–H groups in total. The van der Waals surface area contributed by atoms with E-state index in [0.29, 0.717) is 16.7 Å². The Labute approximate surface area is 187 Å². The fraction of sp³-hybridized carbons (Fsp3) is 0.0476. The van der Waals surface area contributed by atoms with E-state index in [1.54, 1.807) is 42.5 Å². The highest BCUT2D eigenvalue weighted by Gasteiger charge is 2.24. The normalized spacial score (nSPS) is 11.5. The van der Waals surface area contributed by atoms with Gasteiger partial charge in [0.2, 0.25) is 5.91 Å². The van der Waals surface area contributed by atoms with Crippen molar-refractivity contribution in [2.24, 2.45) is 0 Å². The second-order valence-electron chi connectivity index (χ2n) is 6.43. The van der Waals surface area contributed by atoms with E-state index in [-0.39, 0.29) is 20.8 Å². The Hall–Kier alpha value is -2.88. The zero-order valence-corrected chi connectivity index (χ0v) is 18.2. The number of nitrogens with one attached hydrogen (secondary N) is 1. The highest BCUT2D eigenvalue weighted by Crippen LogP contribution is 2.29. The van der Waals surface area contributed by atoms with E-state index in [9.17, 15) is 17.6 Å². The fourth-order valence-corrected chi connectivity index (χ4v) is 5.62. The average Bonchev–Trinajstić information content (AvgIpc) is 3.15. The molecule has 0 fully saturated rings. The summed E-state index contributed by atoms with van der Waals surface area (Å²) < 4.78 is 41.0. The minimum absolute atomic E-state index is 0.109. The SMILES string of the molecule is O=C(CSc1nc2ccccc2n1S(=O)(=O)c1ccccc1)Nc1ccc(F)c(Cl)c1. The van der Waals surface area contributed by atoms with Gasteiger partial charge in [-0.1, -0.05) is 53.7 Å². The summed E-state index contributed by atoms with van der Waals surface area (Å²) >= 11 is 6.72. The quantitative estimate of drug-likeness (QED) is 0.405. The summed E-state index contributed by atoms with van der Waals surface area (Å²) in [6.07, 6.45) is 0. The number of hydrogen-bond acceptors (Lipinski definition) is 5. The van der Waals surface area contributed by atoms with Crippen molar-refractivity contribution < 1.29 is 17.6 Å². The van der Waals surface area contributed by atoms with Gasteiger partial charge in [0, 0.05) is 5.69 Å². The number of carbonyl (C=O) groups excluding carboxylic acids is 1. The van der Waals surface area contributed by atoms with Gasteiger partial charge in [-0.15, -0.1) is 0 Å². The van der Waals surface area contributed by atoms with Crippen molar-refractivity contribution in [2.45, 2.75) is 10.1 Å². The van der Waals surface area contributed by atoms with E-state index in [2.05, 4.69) is 10.3 Å². The van der Waals surface area contributed by atoms with Crippen LogP contribution in [0.1, 0.15) is 0 Å². The van der Waals surface area contributed by atoms with Gasteiger partial charge in [-0.25, -0.2) is 21.8 Å². The number of imidazole rings is 1. The molecule has 4 rings (SSSR count). The van der Waals surface area contributed by atoms with Gasteiger partial charge in [0.05, 0.1) is 26.7 Å². The molecule has 10 heteroatoms. The molecule has 1 amide bonds. The number of hydrogen-bond donors (Lipinski definition) is 1. The molecule has 158 valence electrons.